The molecule has 1 aromatic carbocycles. The fraction of sp³-hybridized carbons (Fsp3) is 0.250. The summed E-state index contributed by atoms with van der Waals surface area (Å²) in [4.78, 5) is 0. The molecule has 1 aliphatic heterocycles. The molecule has 0 bridgehead atoms. The zero-order chi connectivity index (χ0) is 14.8. The van der Waals surface area contributed by atoms with Crippen molar-refractivity contribution in [1.29, 1.82) is 0 Å². The van der Waals surface area contributed by atoms with Gasteiger partial charge < -0.3 is 14.8 Å². The van der Waals surface area contributed by atoms with E-state index >= 15 is 0 Å². The number of pyridine rings is 1. The summed E-state index contributed by atoms with van der Waals surface area (Å²) in [5, 5.41) is 11.7. The van der Waals surface area contributed by atoms with Crippen molar-refractivity contribution in [2.45, 2.75) is 13.1 Å². The zero-order valence-electron chi connectivity index (χ0n) is 12.0. The molecule has 1 aliphatic rings. The lowest BCUT2D eigenvalue weighted by Crippen LogP contribution is -2.19. The molecule has 0 fully saturated rings. The minimum absolute atomic E-state index is 0.596. The second-order valence-corrected chi connectivity index (χ2v) is 5.09. The Morgan fingerprint density at radius 3 is 2.95 bits per heavy atom. The predicted octanol–water partition coefficient (Wildman–Crippen LogP) is 1.79. The average molecular weight is 296 g/mol. The molecule has 0 spiro atoms. The maximum absolute atomic E-state index is 5.71. The number of nitrogens with one attached hydrogen (secondary N) is 1. The van der Waals surface area contributed by atoms with Gasteiger partial charge in [-0.25, -0.2) is 0 Å². The highest BCUT2D eigenvalue weighted by Crippen LogP contribution is 2.33. The molecular weight excluding hydrogens is 280 g/mol. The number of aromatic nitrogens is 3. The molecule has 0 unspecified atom stereocenters. The van der Waals surface area contributed by atoms with Crippen LogP contribution in [0, 0.1) is 0 Å². The van der Waals surface area contributed by atoms with E-state index in [9.17, 15) is 0 Å². The summed E-state index contributed by atoms with van der Waals surface area (Å²) in [5.74, 6) is 2.54. The molecule has 6 heteroatoms. The lowest BCUT2D eigenvalue weighted by atomic mass is 10.1. The minimum Gasteiger partial charge on any atom is -0.486 e. The minimum atomic E-state index is 0.596. The number of fused-ring (bicyclic) bond motifs is 2. The van der Waals surface area contributed by atoms with E-state index in [1.54, 1.807) is 0 Å². The van der Waals surface area contributed by atoms with E-state index in [-0.39, 0.29) is 0 Å². The van der Waals surface area contributed by atoms with E-state index in [1.807, 2.05) is 47.0 Å². The number of hydrogen-bond acceptors (Lipinski definition) is 5. The lowest BCUT2D eigenvalue weighted by molar-refractivity contribution is 0.169. The fourth-order valence-electron chi connectivity index (χ4n) is 2.59. The molecule has 3 aromatic rings. The first-order chi connectivity index (χ1) is 10.9. The summed E-state index contributed by atoms with van der Waals surface area (Å²) in [7, 11) is 0. The topological polar surface area (TPSA) is 60.7 Å². The molecule has 0 saturated carbocycles. The van der Waals surface area contributed by atoms with Gasteiger partial charge >= 0.3 is 0 Å². The van der Waals surface area contributed by atoms with Gasteiger partial charge in [0.15, 0.2) is 23.0 Å². The maximum Gasteiger partial charge on any atom is 0.165 e. The van der Waals surface area contributed by atoms with Crippen LogP contribution in [-0.4, -0.2) is 27.8 Å². The molecule has 22 heavy (non-hydrogen) atoms. The van der Waals surface area contributed by atoms with E-state index in [0.717, 1.165) is 28.5 Å². The zero-order valence-corrected chi connectivity index (χ0v) is 12.0. The largest absolute Gasteiger partial charge is 0.486 e. The summed E-state index contributed by atoms with van der Waals surface area (Å²) in [5.41, 5.74) is 1.94. The van der Waals surface area contributed by atoms with Gasteiger partial charge in [0.2, 0.25) is 0 Å². The average Bonchev–Trinajstić information content (AvgIpc) is 2.99. The van der Waals surface area contributed by atoms with Crippen molar-refractivity contribution in [3.63, 3.8) is 0 Å². The van der Waals surface area contributed by atoms with Crippen LogP contribution in [0.25, 0.3) is 5.65 Å². The van der Waals surface area contributed by atoms with E-state index in [4.69, 9.17) is 9.47 Å². The number of rotatable bonds is 4. The highest BCUT2D eigenvalue weighted by atomic mass is 16.6. The van der Waals surface area contributed by atoms with Crippen LogP contribution >= 0.6 is 0 Å². The summed E-state index contributed by atoms with van der Waals surface area (Å²) in [6.07, 6.45) is 1.97. The number of hydrogen-bond donors (Lipinski definition) is 1. The standard InChI is InChI=1S/C16H16N4O2/c1-2-7-20-14(6-1)18-19-15(20)11-17-10-12-4-3-5-13-16(12)22-9-8-21-13/h1-7,17H,8-11H2. The van der Waals surface area contributed by atoms with Crippen molar-refractivity contribution in [3.05, 3.63) is 54.0 Å². The van der Waals surface area contributed by atoms with Crippen LogP contribution < -0.4 is 14.8 Å². The normalized spacial score (nSPS) is 13.5. The van der Waals surface area contributed by atoms with E-state index in [2.05, 4.69) is 15.5 Å². The number of ether oxygens (including phenoxy) is 2. The van der Waals surface area contributed by atoms with Crippen molar-refractivity contribution in [1.82, 2.24) is 19.9 Å². The Hall–Kier alpha value is -2.60. The second-order valence-electron chi connectivity index (χ2n) is 5.09. The van der Waals surface area contributed by atoms with Crippen LogP contribution in [0.3, 0.4) is 0 Å². The smallest absolute Gasteiger partial charge is 0.165 e. The molecule has 0 amide bonds. The fourth-order valence-corrected chi connectivity index (χ4v) is 2.59. The van der Waals surface area contributed by atoms with E-state index < -0.39 is 0 Å². The molecule has 4 rings (SSSR count). The summed E-state index contributed by atoms with van der Waals surface area (Å²) in [6.45, 7) is 2.53. The Labute approximate surface area is 127 Å². The van der Waals surface area contributed by atoms with Gasteiger partial charge in [0.05, 0.1) is 6.54 Å². The first kappa shape index (κ1) is 13.1. The number of benzene rings is 1. The molecule has 1 N–H and O–H groups in total. The van der Waals surface area contributed by atoms with Gasteiger partial charge in [-0.3, -0.25) is 4.40 Å². The van der Waals surface area contributed by atoms with Crippen LogP contribution in [-0.2, 0) is 13.1 Å². The van der Waals surface area contributed by atoms with Crippen molar-refractivity contribution < 1.29 is 9.47 Å². The van der Waals surface area contributed by atoms with Gasteiger partial charge in [-0.15, -0.1) is 10.2 Å². The third-order valence-electron chi connectivity index (χ3n) is 3.63. The van der Waals surface area contributed by atoms with Crippen molar-refractivity contribution in [3.8, 4) is 11.5 Å². The quantitative estimate of drug-likeness (QED) is 0.795. The molecule has 0 saturated heterocycles. The number of nitrogens with zero attached hydrogens (tertiary/aromatic N) is 3. The van der Waals surface area contributed by atoms with Crippen LogP contribution in [0.15, 0.2) is 42.6 Å². The number of para-hydroxylation sites is 1. The van der Waals surface area contributed by atoms with Crippen LogP contribution in [0.1, 0.15) is 11.4 Å². The lowest BCUT2D eigenvalue weighted by Gasteiger charge is -2.21. The maximum atomic E-state index is 5.71. The van der Waals surface area contributed by atoms with Gasteiger partial charge in [-0.1, -0.05) is 18.2 Å². The highest BCUT2D eigenvalue weighted by Gasteiger charge is 2.15. The van der Waals surface area contributed by atoms with Crippen LogP contribution in [0.5, 0.6) is 11.5 Å². The van der Waals surface area contributed by atoms with Crippen molar-refractivity contribution in [2.24, 2.45) is 0 Å². The molecule has 0 atom stereocenters. The second kappa shape index (κ2) is 5.65. The third-order valence-corrected chi connectivity index (χ3v) is 3.63. The van der Waals surface area contributed by atoms with Gasteiger partial charge in [0.25, 0.3) is 0 Å². The highest BCUT2D eigenvalue weighted by molar-refractivity contribution is 5.47. The molecule has 6 nitrogen and oxygen atoms in total. The molecule has 112 valence electrons. The van der Waals surface area contributed by atoms with E-state index in [0.29, 0.717) is 26.3 Å². The summed E-state index contributed by atoms with van der Waals surface area (Å²) >= 11 is 0. The Morgan fingerprint density at radius 2 is 1.95 bits per heavy atom. The predicted molar refractivity (Wildman–Crippen MR) is 81.0 cm³/mol. The SMILES string of the molecule is c1cc(CNCc2nnc3ccccn23)c2c(c1)OCCO2. The Balaban J connectivity index is 1.47. The molecule has 0 radical (unpaired) electrons. The van der Waals surface area contributed by atoms with Gasteiger partial charge in [0, 0.05) is 18.3 Å². The monoisotopic (exact) mass is 296 g/mol. The Kier molecular flexibility index (Phi) is 3.36. The first-order valence-electron chi connectivity index (χ1n) is 7.29. The van der Waals surface area contributed by atoms with Crippen molar-refractivity contribution >= 4 is 5.65 Å². The molecule has 2 aromatic heterocycles. The van der Waals surface area contributed by atoms with Crippen molar-refractivity contribution in [2.75, 3.05) is 13.2 Å². The van der Waals surface area contributed by atoms with Gasteiger partial charge in [-0.05, 0) is 18.2 Å². The van der Waals surface area contributed by atoms with Crippen LogP contribution in [0.2, 0.25) is 0 Å². The van der Waals surface area contributed by atoms with Gasteiger partial charge in [0.1, 0.15) is 13.2 Å². The third kappa shape index (κ3) is 2.37. The van der Waals surface area contributed by atoms with Crippen LogP contribution in [0.4, 0.5) is 0 Å². The summed E-state index contributed by atoms with van der Waals surface area (Å²) in [6, 6.07) is 11.8. The molecule has 3 heterocycles. The summed E-state index contributed by atoms with van der Waals surface area (Å²) < 4.78 is 13.3. The molecule has 0 aliphatic carbocycles. The molecular formula is C16H16N4O2. The Bertz CT molecular complexity index is 800. The Morgan fingerprint density at radius 1 is 1.00 bits per heavy atom. The first-order valence-corrected chi connectivity index (χ1v) is 7.29. The van der Waals surface area contributed by atoms with Gasteiger partial charge in [-0.2, -0.15) is 0 Å². The van der Waals surface area contributed by atoms with E-state index in [1.165, 1.54) is 0 Å².